The number of benzene rings is 1. The van der Waals surface area contributed by atoms with Gasteiger partial charge in [0.05, 0.1) is 12.2 Å². The van der Waals surface area contributed by atoms with Crippen LogP contribution in [0.3, 0.4) is 0 Å². The summed E-state index contributed by atoms with van der Waals surface area (Å²) in [5, 5.41) is 11.7. The molecule has 1 aliphatic heterocycles. The highest BCUT2D eigenvalue weighted by molar-refractivity contribution is 9.10. The number of halogens is 4. The molecule has 0 amide bonds. The Morgan fingerprint density at radius 3 is 2.81 bits per heavy atom. The molecule has 11 heteroatoms. The second-order valence-electron chi connectivity index (χ2n) is 5.28. The van der Waals surface area contributed by atoms with Crippen molar-refractivity contribution in [3.63, 3.8) is 0 Å². The van der Waals surface area contributed by atoms with Gasteiger partial charge in [-0.2, -0.15) is 0 Å². The van der Waals surface area contributed by atoms with Gasteiger partial charge in [-0.1, -0.05) is 49.3 Å². The molecule has 1 atom stereocenters. The number of nitrogens with zero attached hydrogens (tertiary/aromatic N) is 3. The summed E-state index contributed by atoms with van der Waals surface area (Å²) in [7, 11) is 0. The summed E-state index contributed by atoms with van der Waals surface area (Å²) >= 11 is 13.8. The maximum atomic E-state index is 13.6. The molecule has 0 fully saturated rings. The highest BCUT2D eigenvalue weighted by Gasteiger charge is 2.33. The van der Waals surface area contributed by atoms with Gasteiger partial charge in [-0.15, -0.1) is 10.2 Å². The number of esters is 1. The van der Waals surface area contributed by atoms with E-state index in [1.807, 2.05) is 0 Å². The Hall–Kier alpha value is -1.36. The number of carbonyl (C=O) groups is 1. The van der Waals surface area contributed by atoms with Gasteiger partial charge < -0.3 is 10.1 Å². The minimum atomic E-state index is -0.717. The summed E-state index contributed by atoms with van der Waals surface area (Å²) < 4.78 is 19.5. The van der Waals surface area contributed by atoms with Crippen molar-refractivity contribution < 1.29 is 13.9 Å². The normalized spacial score (nSPS) is 16.8. The van der Waals surface area contributed by atoms with E-state index in [4.69, 9.17) is 16.3 Å². The fourth-order valence-corrected chi connectivity index (χ4v) is 4.30. The summed E-state index contributed by atoms with van der Waals surface area (Å²) in [6.45, 7) is 1.95. The number of hydrogen-bond acceptors (Lipinski definition) is 7. The van der Waals surface area contributed by atoms with Gasteiger partial charge in [0, 0.05) is 15.5 Å². The molecule has 1 aromatic carbocycles. The van der Waals surface area contributed by atoms with E-state index in [9.17, 15) is 9.18 Å². The minimum Gasteiger partial charge on any atom is -0.463 e. The van der Waals surface area contributed by atoms with Crippen LogP contribution in [0.25, 0.3) is 0 Å². The molecule has 2 aromatic rings. The molecule has 0 saturated carbocycles. The van der Waals surface area contributed by atoms with Crippen LogP contribution in [0.15, 0.2) is 38.9 Å². The highest BCUT2D eigenvalue weighted by Crippen LogP contribution is 2.37. The molecular formula is C16H12Br2ClFN4O2S. The zero-order chi connectivity index (χ0) is 19.6. The van der Waals surface area contributed by atoms with Gasteiger partial charge in [-0.3, -0.25) is 4.99 Å². The predicted molar refractivity (Wildman–Crippen MR) is 109 cm³/mol. The van der Waals surface area contributed by atoms with Gasteiger partial charge in [0.25, 0.3) is 0 Å². The van der Waals surface area contributed by atoms with Crippen molar-refractivity contribution in [2.24, 2.45) is 4.99 Å². The molecule has 0 saturated heterocycles. The molecule has 1 aromatic heterocycles. The van der Waals surface area contributed by atoms with Crippen molar-refractivity contribution in [2.45, 2.75) is 13.0 Å². The number of amidine groups is 1. The molecule has 27 heavy (non-hydrogen) atoms. The zero-order valence-corrected chi connectivity index (χ0v) is 18.5. The zero-order valence-electron chi connectivity index (χ0n) is 13.8. The van der Waals surface area contributed by atoms with Gasteiger partial charge in [0.2, 0.25) is 4.47 Å². The molecule has 1 unspecified atom stereocenters. The largest absolute Gasteiger partial charge is 0.463 e. The number of hydrogen-bond donors (Lipinski definition) is 1. The number of rotatable bonds is 5. The van der Waals surface area contributed by atoms with E-state index in [0.29, 0.717) is 37.5 Å². The fourth-order valence-electron chi connectivity index (χ4n) is 2.51. The van der Waals surface area contributed by atoms with Gasteiger partial charge in [0.15, 0.2) is 10.8 Å². The molecule has 0 aliphatic carbocycles. The van der Waals surface area contributed by atoms with Gasteiger partial charge in [0.1, 0.15) is 11.9 Å². The minimum absolute atomic E-state index is 0.220. The standard InChI is InChI=1S/C16H12Br2ClFN4O2S/c1-2-26-15(25)11-10(6-17)21-13(14-23-24-16(19)27-14)22-12(11)8-4-3-7(20)5-9(8)18/h3-5,12H,2,6H2,1H3,(H,21,22). The van der Waals surface area contributed by atoms with Crippen molar-refractivity contribution in [1.29, 1.82) is 0 Å². The third-order valence-corrected chi connectivity index (χ3v) is 5.89. The number of alkyl halides is 1. The van der Waals surface area contributed by atoms with Crippen LogP contribution in [0.2, 0.25) is 4.47 Å². The summed E-state index contributed by atoms with van der Waals surface area (Å²) in [5.74, 6) is -0.482. The molecule has 1 N–H and O–H groups in total. The molecule has 1 aliphatic rings. The van der Waals surface area contributed by atoms with Crippen LogP contribution in [-0.2, 0) is 9.53 Å². The lowest BCUT2D eigenvalue weighted by Crippen LogP contribution is -2.34. The quantitative estimate of drug-likeness (QED) is 0.451. The fraction of sp³-hybridized carbons (Fsp3) is 0.250. The Morgan fingerprint density at radius 2 is 2.22 bits per heavy atom. The van der Waals surface area contributed by atoms with E-state index >= 15 is 0 Å². The average Bonchev–Trinajstić information content (AvgIpc) is 3.07. The number of carbonyl (C=O) groups excluding carboxylic acids is 1. The summed E-state index contributed by atoms with van der Waals surface area (Å²) in [6.07, 6.45) is 0. The van der Waals surface area contributed by atoms with E-state index in [1.165, 1.54) is 12.1 Å². The van der Waals surface area contributed by atoms with Gasteiger partial charge >= 0.3 is 5.97 Å². The second kappa shape index (κ2) is 8.76. The lowest BCUT2D eigenvalue weighted by molar-refractivity contribution is -0.138. The van der Waals surface area contributed by atoms with Crippen LogP contribution in [-0.4, -0.2) is 33.9 Å². The second-order valence-corrected chi connectivity index (χ2v) is 8.25. The maximum Gasteiger partial charge on any atom is 0.338 e. The van der Waals surface area contributed by atoms with Crippen LogP contribution in [0.4, 0.5) is 4.39 Å². The Kier molecular flexibility index (Phi) is 6.61. The molecule has 0 spiro atoms. The SMILES string of the molecule is CCOC(=O)C1=C(CBr)NC(c2nnc(Cl)s2)=NC1c1ccc(F)cc1Br. The maximum absolute atomic E-state index is 13.6. The van der Waals surface area contributed by atoms with Crippen molar-refractivity contribution in [3.05, 3.63) is 54.8 Å². The van der Waals surface area contributed by atoms with E-state index in [0.717, 1.165) is 11.3 Å². The van der Waals surface area contributed by atoms with Crippen LogP contribution in [0.1, 0.15) is 23.5 Å². The first-order valence-corrected chi connectivity index (χ1v) is 10.8. The number of aromatic nitrogens is 2. The number of aliphatic imine (C=N–C) groups is 1. The van der Waals surface area contributed by atoms with Gasteiger partial charge in [-0.05, 0) is 36.2 Å². The summed E-state index contributed by atoms with van der Waals surface area (Å²) in [6, 6.07) is 3.50. The molecular weight excluding hydrogens is 527 g/mol. The van der Waals surface area contributed by atoms with Crippen molar-refractivity contribution in [3.8, 4) is 0 Å². The summed E-state index contributed by atoms with van der Waals surface area (Å²) in [5.41, 5.74) is 1.53. The first-order chi connectivity index (χ1) is 12.9. The molecule has 6 nitrogen and oxygen atoms in total. The smallest absolute Gasteiger partial charge is 0.338 e. The van der Waals surface area contributed by atoms with Crippen LogP contribution >= 0.6 is 54.8 Å². The Balaban J connectivity index is 2.15. The number of allylic oxidation sites excluding steroid dienone is 1. The van der Waals surface area contributed by atoms with Gasteiger partial charge in [-0.25, -0.2) is 9.18 Å². The van der Waals surface area contributed by atoms with Crippen molar-refractivity contribution >= 4 is 66.6 Å². The van der Waals surface area contributed by atoms with Crippen LogP contribution < -0.4 is 5.32 Å². The number of nitrogens with one attached hydrogen (secondary N) is 1. The number of ether oxygens (including phenoxy) is 1. The highest BCUT2D eigenvalue weighted by atomic mass is 79.9. The topological polar surface area (TPSA) is 76.5 Å². The van der Waals surface area contributed by atoms with E-state index in [-0.39, 0.29) is 11.1 Å². The molecule has 0 radical (unpaired) electrons. The third-order valence-electron chi connectivity index (χ3n) is 3.62. The molecule has 142 valence electrons. The average molecular weight is 539 g/mol. The van der Waals surface area contributed by atoms with Crippen LogP contribution in [0.5, 0.6) is 0 Å². The lowest BCUT2D eigenvalue weighted by atomic mass is 9.96. The Bertz CT molecular complexity index is 950. The van der Waals surface area contributed by atoms with E-state index in [2.05, 4.69) is 52.4 Å². The predicted octanol–water partition coefficient (Wildman–Crippen LogP) is 4.40. The van der Waals surface area contributed by atoms with Crippen molar-refractivity contribution in [1.82, 2.24) is 15.5 Å². The first-order valence-electron chi connectivity index (χ1n) is 7.69. The molecule has 3 rings (SSSR count). The monoisotopic (exact) mass is 536 g/mol. The van der Waals surface area contributed by atoms with Crippen LogP contribution in [0, 0.1) is 5.82 Å². The van der Waals surface area contributed by atoms with E-state index < -0.39 is 17.8 Å². The lowest BCUT2D eigenvalue weighted by Gasteiger charge is -2.26. The first kappa shape index (κ1) is 20.4. The summed E-state index contributed by atoms with van der Waals surface area (Å²) in [4.78, 5) is 17.3. The molecule has 0 bridgehead atoms. The third kappa shape index (κ3) is 4.39. The van der Waals surface area contributed by atoms with E-state index in [1.54, 1.807) is 13.0 Å². The molecule has 2 heterocycles. The van der Waals surface area contributed by atoms with Crippen molar-refractivity contribution in [2.75, 3.05) is 11.9 Å². The Morgan fingerprint density at radius 1 is 1.44 bits per heavy atom. The Labute approximate surface area is 180 Å².